The molecule has 20 heavy (non-hydrogen) atoms. The van der Waals surface area contributed by atoms with E-state index in [1.54, 1.807) is 11.8 Å². The van der Waals surface area contributed by atoms with Crippen LogP contribution in [0.1, 0.15) is 32.6 Å². The molecule has 1 saturated heterocycles. The Morgan fingerprint density at radius 1 is 1.30 bits per heavy atom. The molecule has 2 fully saturated rings. The third-order valence-corrected chi connectivity index (χ3v) is 4.55. The van der Waals surface area contributed by atoms with Gasteiger partial charge in [0.05, 0.1) is 5.92 Å². The fourth-order valence-corrected chi connectivity index (χ4v) is 3.08. The van der Waals surface area contributed by atoms with Crippen molar-refractivity contribution in [2.45, 2.75) is 38.6 Å². The number of rotatable bonds is 5. The number of hydrogen-bond donors (Lipinski definition) is 1. The zero-order chi connectivity index (χ0) is 14.7. The molecule has 1 heterocycles. The quantitative estimate of drug-likeness (QED) is 0.807. The van der Waals surface area contributed by atoms with Crippen LogP contribution in [0.4, 0.5) is 0 Å². The maximum absolute atomic E-state index is 12.3. The van der Waals surface area contributed by atoms with Gasteiger partial charge in [-0.05, 0) is 45.7 Å². The lowest BCUT2D eigenvalue weighted by Gasteiger charge is -2.32. The van der Waals surface area contributed by atoms with Crippen molar-refractivity contribution in [2.75, 3.05) is 33.7 Å². The molecule has 2 amide bonds. The molecule has 1 saturated carbocycles. The van der Waals surface area contributed by atoms with Gasteiger partial charge >= 0.3 is 0 Å². The number of amides is 2. The summed E-state index contributed by atoms with van der Waals surface area (Å²) in [6, 6.07) is 0.450. The van der Waals surface area contributed by atoms with E-state index < -0.39 is 0 Å². The van der Waals surface area contributed by atoms with E-state index in [0.29, 0.717) is 12.6 Å². The molecule has 0 aromatic rings. The second-order valence-electron chi connectivity index (χ2n) is 6.42. The molecule has 0 spiro atoms. The molecular formula is C15H27N3O2. The van der Waals surface area contributed by atoms with Gasteiger partial charge in [-0.25, -0.2) is 0 Å². The van der Waals surface area contributed by atoms with Crippen LogP contribution in [0, 0.1) is 11.8 Å². The predicted octanol–water partition coefficient (Wildman–Crippen LogP) is 0.701. The summed E-state index contributed by atoms with van der Waals surface area (Å²) in [5, 5.41) is 3.10. The summed E-state index contributed by atoms with van der Waals surface area (Å²) in [6.45, 7) is 3.68. The highest BCUT2D eigenvalue weighted by Crippen LogP contribution is 2.34. The number of likely N-dealkylation sites (N-methyl/N-ethyl adjacent to an activating group) is 1. The second kappa shape index (κ2) is 6.57. The number of piperidine rings is 1. The minimum Gasteiger partial charge on any atom is -0.354 e. The van der Waals surface area contributed by atoms with E-state index >= 15 is 0 Å². The molecule has 1 aliphatic heterocycles. The summed E-state index contributed by atoms with van der Waals surface area (Å²) in [5.74, 6) is 0.898. The minimum atomic E-state index is -0.0327. The van der Waals surface area contributed by atoms with Gasteiger partial charge in [-0.1, -0.05) is 0 Å². The summed E-state index contributed by atoms with van der Waals surface area (Å²) in [6.07, 6.45) is 4.38. The molecule has 0 bridgehead atoms. The summed E-state index contributed by atoms with van der Waals surface area (Å²) < 4.78 is 0. The first kappa shape index (κ1) is 15.3. The van der Waals surface area contributed by atoms with Gasteiger partial charge in [-0.15, -0.1) is 0 Å². The van der Waals surface area contributed by atoms with Crippen LogP contribution < -0.4 is 5.32 Å². The fourth-order valence-electron chi connectivity index (χ4n) is 3.08. The molecule has 2 aliphatic rings. The maximum Gasteiger partial charge on any atom is 0.224 e. The Morgan fingerprint density at radius 3 is 2.55 bits per heavy atom. The van der Waals surface area contributed by atoms with Crippen molar-refractivity contribution in [1.82, 2.24) is 15.1 Å². The van der Waals surface area contributed by atoms with E-state index in [0.717, 1.165) is 31.8 Å². The summed E-state index contributed by atoms with van der Waals surface area (Å²) in [5.41, 5.74) is 0. The molecular weight excluding hydrogens is 254 g/mol. The summed E-state index contributed by atoms with van der Waals surface area (Å²) >= 11 is 0. The number of likely N-dealkylation sites (tertiary alicyclic amines) is 1. The van der Waals surface area contributed by atoms with Crippen LogP contribution in [-0.2, 0) is 9.59 Å². The van der Waals surface area contributed by atoms with Crippen molar-refractivity contribution in [1.29, 1.82) is 0 Å². The molecule has 1 N–H and O–H groups in total. The first-order valence-electron chi connectivity index (χ1n) is 7.68. The first-order chi connectivity index (χ1) is 9.49. The normalized spacial score (nSPS) is 24.6. The third-order valence-electron chi connectivity index (χ3n) is 4.55. The molecule has 5 heteroatoms. The molecule has 0 unspecified atom stereocenters. The lowest BCUT2D eigenvalue weighted by molar-refractivity contribution is -0.134. The molecule has 0 aromatic carbocycles. The zero-order valence-corrected chi connectivity index (χ0v) is 12.9. The van der Waals surface area contributed by atoms with E-state index in [1.165, 1.54) is 12.8 Å². The predicted molar refractivity (Wildman–Crippen MR) is 78.2 cm³/mol. The van der Waals surface area contributed by atoms with Gasteiger partial charge in [0.2, 0.25) is 11.8 Å². The minimum absolute atomic E-state index is 0.0327. The van der Waals surface area contributed by atoms with Crippen LogP contribution in [0.3, 0.4) is 0 Å². The van der Waals surface area contributed by atoms with Gasteiger partial charge in [0.1, 0.15) is 0 Å². The fraction of sp³-hybridized carbons (Fsp3) is 0.867. The van der Waals surface area contributed by atoms with Gasteiger partial charge in [0, 0.05) is 32.6 Å². The Kier molecular flexibility index (Phi) is 5.02. The van der Waals surface area contributed by atoms with E-state index in [9.17, 15) is 9.59 Å². The van der Waals surface area contributed by atoms with Gasteiger partial charge in [-0.3, -0.25) is 9.59 Å². The first-order valence-corrected chi connectivity index (χ1v) is 7.68. The van der Waals surface area contributed by atoms with Crippen LogP contribution in [0.2, 0.25) is 0 Å². The van der Waals surface area contributed by atoms with Gasteiger partial charge in [0.25, 0.3) is 0 Å². The lowest BCUT2D eigenvalue weighted by atomic mass is 9.97. The third kappa shape index (κ3) is 3.95. The van der Waals surface area contributed by atoms with Crippen LogP contribution in [0.25, 0.3) is 0 Å². The number of hydrogen-bond acceptors (Lipinski definition) is 3. The summed E-state index contributed by atoms with van der Waals surface area (Å²) in [4.78, 5) is 27.7. The average Bonchev–Trinajstić information content (AvgIpc) is 3.23. The Hall–Kier alpha value is -1.10. The highest BCUT2D eigenvalue weighted by Gasteiger charge is 2.33. The molecule has 0 radical (unpaired) electrons. The van der Waals surface area contributed by atoms with Crippen molar-refractivity contribution in [3.05, 3.63) is 0 Å². The standard InChI is InChI=1S/C15H27N3O2/c1-11(19)18-8-4-5-13(10-18)15(20)16-9-14(17(2)3)12-6-7-12/h12-14H,4-10H2,1-3H3,(H,16,20)/t13-,14-/m0/s1. The maximum atomic E-state index is 12.3. The zero-order valence-electron chi connectivity index (χ0n) is 12.9. The topological polar surface area (TPSA) is 52.7 Å². The molecule has 1 aliphatic carbocycles. The largest absolute Gasteiger partial charge is 0.354 e. The highest BCUT2D eigenvalue weighted by atomic mass is 16.2. The summed E-state index contributed by atoms with van der Waals surface area (Å²) in [7, 11) is 4.15. The molecule has 5 nitrogen and oxygen atoms in total. The Labute approximate surface area is 121 Å². The molecule has 114 valence electrons. The van der Waals surface area contributed by atoms with Crippen molar-refractivity contribution in [3.8, 4) is 0 Å². The SMILES string of the molecule is CC(=O)N1CCC[C@H](C(=O)NC[C@@H](C2CC2)N(C)C)C1. The van der Waals surface area contributed by atoms with Crippen LogP contribution in [0.15, 0.2) is 0 Å². The average molecular weight is 281 g/mol. The van der Waals surface area contributed by atoms with Crippen LogP contribution >= 0.6 is 0 Å². The van der Waals surface area contributed by atoms with E-state index in [1.807, 2.05) is 0 Å². The van der Waals surface area contributed by atoms with Crippen molar-refractivity contribution < 1.29 is 9.59 Å². The van der Waals surface area contributed by atoms with E-state index in [-0.39, 0.29) is 17.7 Å². The Bertz CT molecular complexity index is 364. The number of nitrogens with zero attached hydrogens (tertiary/aromatic N) is 2. The molecule has 0 aromatic heterocycles. The smallest absolute Gasteiger partial charge is 0.224 e. The highest BCUT2D eigenvalue weighted by molar-refractivity contribution is 5.80. The molecule has 2 atom stereocenters. The van der Waals surface area contributed by atoms with E-state index in [2.05, 4.69) is 24.3 Å². The van der Waals surface area contributed by atoms with Crippen molar-refractivity contribution in [3.63, 3.8) is 0 Å². The van der Waals surface area contributed by atoms with Crippen molar-refractivity contribution in [2.24, 2.45) is 11.8 Å². The Balaban J connectivity index is 1.80. The second-order valence-corrected chi connectivity index (χ2v) is 6.42. The van der Waals surface area contributed by atoms with E-state index in [4.69, 9.17) is 0 Å². The van der Waals surface area contributed by atoms with Gasteiger partial charge < -0.3 is 15.1 Å². The number of carbonyl (C=O) groups is 2. The van der Waals surface area contributed by atoms with Crippen LogP contribution in [0.5, 0.6) is 0 Å². The lowest BCUT2D eigenvalue weighted by Crippen LogP contribution is -2.48. The van der Waals surface area contributed by atoms with Crippen LogP contribution in [-0.4, -0.2) is 61.4 Å². The molecule has 2 rings (SSSR count). The Morgan fingerprint density at radius 2 is 2.00 bits per heavy atom. The van der Waals surface area contributed by atoms with Crippen molar-refractivity contribution >= 4 is 11.8 Å². The number of carbonyl (C=O) groups excluding carboxylic acids is 2. The number of nitrogens with one attached hydrogen (secondary N) is 1. The van der Waals surface area contributed by atoms with Gasteiger partial charge in [-0.2, -0.15) is 0 Å². The monoisotopic (exact) mass is 281 g/mol. The van der Waals surface area contributed by atoms with Gasteiger partial charge in [0.15, 0.2) is 0 Å².